The van der Waals surface area contributed by atoms with Gasteiger partial charge in [-0.2, -0.15) is 0 Å². The van der Waals surface area contributed by atoms with E-state index in [2.05, 4.69) is 27.2 Å². The van der Waals surface area contributed by atoms with Crippen LogP contribution < -0.4 is 10.1 Å². The number of benzene rings is 1. The zero-order chi connectivity index (χ0) is 14.4. The SMILES string of the molecule is CCCNCc1c(Cl)cccc1OCc1nonc1C. The lowest BCUT2D eigenvalue weighted by Crippen LogP contribution is -2.15. The summed E-state index contributed by atoms with van der Waals surface area (Å²) in [6, 6.07) is 5.63. The summed E-state index contributed by atoms with van der Waals surface area (Å²) in [6.45, 7) is 5.89. The molecule has 0 aliphatic rings. The van der Waals surface area contributed by atoms with Crippen LogP contribution in [-0.2, 0) is 13.2 Å². The van der Waals surface area contributed by atoms with Gasteiger partial charge < -0.3 is 10.1 Å². The molecule has 0 saturated carbocycles. The summed E-state index contributed by atoms with van der Waals surface area (Å²) >= 11 is 6.23. The van der Waals surface area contributed by atoms with Crippen molar-refractivity contribution in [3.05, 3.63) is 40.2 Å². The number of nitrogens with one attached hydrogen (secondary N) is 1. The highest BCUT2D eigenvalue weighted by Gasteiger charge is 2.10. The third kappa shape index (κ3) is 3.71. The van der Waals surface area contributed by atoms with E-state index in [1.54, 1.807) is 0 Å². The monoisotopic (exact) mass is 295 g/mol. The lowest BCUT2D eigenvalue weighted by Gasteiger charge is -2.12. The highest BCUT2D eigenvalue weighted by atomic mass is 35.5. The molecule has 20 heavy (non-hydrogen) atoms. The van der Waals surface area contributed by atoms with Crippen molar-refractivity contribution in [2.24, 2.45) is 0 Å². The molecule has 0 saturated heterocycles. The Morgan fingerprint density at radius 3 is 2.90 bits per heavy atom. The quantitative estimate of drug-likeness (QED) is 0.795. The summed E-state index contributed by atoms with van der Waals surface area (Å²) < 4.78 is 10.4. The van der Waals surface area contributed by atoms with E-state index in [1.807, 2.05) is 25.1 Å². The Morgan fingerprint density at radius 1 is 1.35 bits per heavy atom. The van der Waals surface area contributed by atoms with Gasteiger partial charge in [0.15, 0.2) is 0 Å². The molecule has 0 fully saturated rings. The maximum absolute atomic E-state index is 6.23. The summed E-state index contributed by atoms with van der Waals surface area (Å²) in [6.07, 6.45) is 1.07. The minimum absolute atomic E-state index is 0.316. The smallest absolute Gasteiger partial charge is 0.145 e. The predicted molar refractivity (Wildman–Crippen MR) is 76.8 cm³/mol. The van der Waals surface area contributed by atoms with Crippen molar-refractivity contribution >= 4 is 11.6 Å². The summed E-state index contributed by atoms with van der Waals surface area (Å²) in [7, 11) is 0. The average molecular weight is 296 g/mol. The van der Waals surface area contributed by atoms with Crippen molar-refractivity contribution < 1.29 is 9.37 Å². The van der Waals surface area contributed by atoms with Crippen molar-refractivity contribution in [3.63, 3.8) is 0 Å². The fourth-order valence-corrected chi connectivity index (χ4v) is 2.00. The van der Waals surface area contributed by atoms with Gasteiger partial charge >= 0.3 is 0 Å². The van der Waals surface area contributed by atoms with Crippen LogP contribution in [0.15, 0.2) is 22.8 Å². The first-order chi connectivity index (χ1) is 9.72. The number of hydrogen-bond acceptors (Lipinski definition) is 5. The van der Waals surface area contributed by atoms with Crippen LogP contribution in [0.3, 0.4) is 0 Å². The molecule has 0 amide bonds. The molecule has 5 nitrogen and oxygen atoms in total. The van der Waals surface area contributed by atoms with Crippen LogP contribution >= 0.6 is 11.6 Å². The minimum Gasteiger partial charge on any atom is -0.487 e. The van der Waals surface area contributed by atoms with Crippen LogP contribution in [0.25, 0.3) is 0 Å². The van der Waals surface area contributed by atoms with Crippen molar-refractivity contribution in [2.45, 2.75) is 33.4 Å². The predicted octanol–water partition coefficient (Wildman–Crippen LogP) is 3.11. The van der Waals surface area contributed by atoms with Crippen LogP contribution in [0.1, 0.15) is 30.3 Å². The Morgan fingerprint density at radius 2 is 2.20 bits per heavy atom. The number of rotatable bonds is 7. The molecule has 0 atom stereocenters. The highest BCUT2D eigenvalue weighted by Crippen LogP contribution is 2.27. The maximum Gasteiger partial charge on any atom is 0.145 e. The molecule has 6 heteroatoms. The second kappa shape index (κ2) is 7.26. The normalized spacial score (nSPS) is 10.8. The summed E-state index contributed by atoms with van der Waals surface area (Å²) in [4.78, 5) is 0. The fourth-order valence-electron chi connectivity index (χ4n) is 1.76. The number of aryl methyl sites for hydroxylation is 1. The number of halogens is 1. The largest absolute Gasteiger partial charge is 0.487 e. The van der Waals surface area contributed by atoms with E-state index >= 15 is 0 Å². The zero-order valence-corrected chi connectivity index (χ0v) is 12.4. The minimum atomic E-state index is 0.316. The number of aromatic nitrogens is 2. The molecule has 0 bridgehead atoms. The van der Waals surface area contributed by atoms with E-state index < -0.39 is 0 Å². The van der Waals surface area contributed by atoms with Crippen molar-refractivity contribution in [1.29, 1.82) is 0 Å². The molecule has 0 aliphatic heterocycles. The van der Waals surface area contributed by atoms with Gasteiger partial charge in [-0.25, -0.2) is 4.63 Å². The van der Waals surface area contributed by atoms with Crippen LogP contribution in [0.4, 0.5) is 0 Å². The molecule has 108 valence electrons. The van der Waals surface area contributed by atoms with Crippen LogP contribution in [-0.4, -0.2) is 16.9 Å². The van der Waals surface area contributed by atoms with E-state index in [-0.39, 0.29) is 0 Å². The van der Waals surface area contributed by atoms with Crippen LogP contribution in [0.5, 0.6) is 5.75 Å². The molecule has 1 aromatic heterocycles. The molecule has 0 radical (unpaired) electrons. The first-order valence-corrected chi connectivity index (χ1v) is 6.99. The molecule has 2 rings (SSSR count). The van der Waals surface area contributed by atoms with Crippen molar-refractivity contribution in [2.75, 3.05) is 6.54 Å². The molecule has 2 aromatic rings. The Bertz CT molecular complexity index is 557. The first kappa shape index (κ1) is 14.8. The number of ether oxygens (including phenoxy) is 1. The van der Waals surface area contributed by atoms with Crippen molar-refractivity contribution in [1.82, 2.24) is 15.6 Å². The van der Waals surface area contributed by atoms with E-state index in [9.17, 15) is 0 Å². The maximum atomic E-state index is 6.23. The lowest BCUT2D eigenvalue weighted by atomic mass is 10.2. The molecule has 0 spiro atoms. The molecule has 1 heterocycles. The van der Waals surface area contributed by atoms with E-state index in [0.29, 0.717) is 23.9 Å². The molecule has 1 N–H and O–H groups in total. The van der Waals surface area contributed by atoms with Gasteiger partial charge in [-0.3, -0.25) is 0 Å². The third-order valence-electron chi connectivity index (χ3n) is 2.92. The Balaban J connectivity index is 2.06. The van der Waals surface area contributed by atoms with E-state index in [1.165, 1.54) is 0 Å². The van der Waals surface area contributed by atoms with Gasteiger partial charge in [-0.05, 0) is 32.0 Å². The molecular formula is C14H18ClN3O2. The van der Waals surface area contributed by atoms with Gasteiger partial charge in [0.1, 0.15) is 23.7 Å². The molecule has 1 aromatic carbocycles. The second-order valence-electron chi connectivity index (χ2n) is 4.48. The summed E-state index contributed by atoms with van der Waals surface area (Å²) in [5.41, 5.74) is 2.38. The van der Waals surface area contributed by atoms with Crippen molar-refractivity contribution in [3.8, 4) is 5.75 Å². The molecule has 0 unspecified atom stereocenters. The van der Waals surface area contributed by atoms with Gasteiger partial charge in [-0.1, -0.05) is 34.9 Å². The van der Waals surface area contributed by atoms with E-state index in [4.69, 9.17) is 16.3 Å². The standard InChI is InChI=1S/C14H18ClN3O2/c1-3-7-16-8-11-12(15)5-4-6-14(11)19-9-13-10(2)17-20-18-13/h4-6,16H,3,7-9H2,1-2H3. The first-order valence-electron chi connectivity index (χ1n) is 6.61. The third-order valence-corrected chi connectivity index (χ3v) is 3.27. The van der Waals surface area contributed by atoms with Gasteiger partial charge in [0.2, 0.25) is 0 Å². The topological polar surface area (TPSA) is 60.2 Å². The Labute approximate surface area is 123 Å². The Kier molecular flexibility index (Phi) is 5.38. The second-order valence-corrected chi connectivity index (χ2v) is 4.89. The molecular weight excluding hydrogens is 278 g/mol. The zero-order valence-electron chi connectivity index (χ0n) is 11.6. The van der Waals surface area contributed by atoms with Gasteiger partial charge in [0.25, 0.3) is 0 Å². The fraction of sp³-hybridized carbons (Fsp3) is 0.429. The van der Waals surface area contributed by atoms with E-state index in [0.717, 1.165) is 30.0 Å². The van der Waals surface area contributed by atoms with Crippen LogP contribution in [0, 0.1) is 6.92 Å². The number of hydrogen-bond donors (Lipinski definition) is 1. The Hall–Kier alpha value is -1.59. The lowest BCUT2D eigenvalue weighted by molar-refractivity contribution is 0.268. The molecule has 0 aliphatic carbocycles. The van der Waals surface area contributed by atoms with Gasteiger partial charge in [0, 0.05) is 17.1 Å². The number of nitrogens with zero attached hydrogens (tertiary/aromatic N) is 2. The van der Waals surface area contributed by atoms with Gasteiger partial charge in [-0.15, -0.1) is 0 Å². The summed E-state index contributed by atoms with van der Waals surface area (Å²) in [5, 5.41) is 11.5. The highest BCUT2D eigenvalue weighted by molar-refractivity contribution is 6.31. The summed E-state index contributed by atoms with van der Waals surface area (Å²) in [5.74, 6) is 0.753. The van der Waals surface area contributed by atoms with Crippen LogP contribution in [0.2, 0.25) is 5.02 Å². The van der Waals surface area contributed by atoms with Gasteiger partial charge in [0.05, 0.1) is 0 Å². The average Bonchev–Trinajstić information content (AvgIpc) is 2.84.